The molecule has 0 unspecified atom stereocenters. The molecule has 0 bridgehead atoms. The molecule has 1 aliphatic heterocycles. The lowest BCUT2D eigenvalue weighted by atomic mass is 9.93. The van der Waals surface area contributed by atoms with Crippen molar-refractivity contribution in [2.75, 3.05) is 56.2 Å². The molecule has 57 heavy (non-hydrogen) atoms. The highest BCUT2D eigenvalue weighted by Gasteiger charge is 2.25. The number of rotatable bonds is 18. The Morgan fingerprint density at radius 3 is 1.91 bits per heavy atom. The Bertz CT molecular complexity index is 2390. The van der Waals surface area contributed by atoms with Gasteiger partial charge in [0.1, 0.15) is 62.2 Å². The van der Waals surface area contributed by atoms with E-state index in [-0.39, 0.29) is 81.8 Å². The van der Waals surface area contributed by atoms with Crippen molar-refractivity contribution in [2.45, 2.75) is 6.42 Å². The first kappa shape index (κ1) is 40.7. The number of anilines is 2. The van der Waals surface area contributed by atoms with E-state index in [1.807, 2.05) is 0 Å². The minimum absolute atomic E-state index is 0.000628. The van der Waals surface area contributed by atoms with E-state index in [1.165, 1.54) is 43.4 Å². The van der Waals surface area contributed by atoms with Gasteiger partial charge in [-0.2, -0.15) is 0 Å². The van der Waals surface area contributed by atoms with Gasteiger partial charge in [0, 0.05) is 35.7 Å². The zero-order valence-corrected chi connectivity index (χ0v) is 29.8. The van der Waals surface area contributed by atoms with Crippen LogP contribution in [0, 0.1) is 11.6 Å². The molecule has 1 heterocycles. The molecule has 3 aromatic rings. The summed E-state index contributed by atoms with van der Waals surface area (Å²) in [7, 11) is 1.42. The van der Waals surface area contributed by atoms with Crippen LogP contribution in [-0.4, -0.2) is 102 Å². The van der Waals surface area contributed by atoms with Crippen LogP contribution in [0.1, 0.15) is 5.56 Å². The Hall–Kier alpha value is -7.44. The quantitative estimate of drug-likeness (QED) is 0.0550. The number of aliphatic carboxylic acids is 4. The predicted molar refractivity (Wildman–Crippen MR) is 196 cm³/mol. The third kappa shape index (κ3) is 9.82. The van der Waals surface area contributed by atoms with Gasteiger partial charge < -0.3 is 54.5 Å². The molecule has 298 valence electrons. The maximum atomic E-state index is 14.8. The molecule has 0 fully saturated rings. The number of benzene rings is 4. The maximum absolute atomic E-state index is 14.8. The SMILES string of the molecule is CNC(=O)Cc1ccc(OCCOc2cc(-c3c4cc(F)c(=O)cc-4oc4cc(O)c(F)cc34)ccc2N(CC(=O)O)CC(=O)O)c(N(CC(=O)O)CC(=O)O)c1. The first-order valence-electron chi connectivity index (χ1n) is 16.7. The summed E-state index contributed by atoms with van der Waals surface area (Å²) in [6.45, 7) is -3.78. The van der Waals surface area contributed by atoms with Crippen molar-refractivity contribution in [3.63, 3.8) is 0 Å². The largest absolute Gasteiger partial charge is 0.505 e. The van der Waals surface area contributed by atoms with Gasteiger partial charge in [-0.05, 0) is 47.5 Å². The zero-order valence-electron chi connectivity index (χ0n) is 29.8. The fraction of sp³-hybridized carbons (Fsp3) is 0.211. The third-order valence-corrected chi connectivity index (χ3v) is 8.34. The number of hydrogen-bond donors (Lipinski definition) is 6. The van der Waals surface area contributed by atoms with E-state index < -0.39 is 72.9 Å². The van der Waals surface area contributed by atoms with Crippen molar-refractivity contribution in [1.82, 2.24) is 5.32 Å². The van der Waals surface area contributed by atoms with Crippen LogP contribution in [0.3, 0.4) is 0 Å². The fourth-order valence-electron chi connectivity index (χ4n) is 5.98. The number of halogens is 2. The molecule has 0 radical (unpaired) electrons. The predicted octanol–water partition coefficient (Wildman–Crippen LogP) is 3.25. The average molecular weight is 794 g/mol. The van der Waals surface area contributed by atoms with E-state index in [2.05, 4.69) is 5.32 Å². The second-order valence-corrected chi connectivity index (χ2v) is 12.4. The highest BCUT2D eigenvalue weighted by atomic mass is 19.1. The summed E-state index contributed by atoms with van der Waals surface area (Å²) in [6, 6.07) is 12.0. The Kier molecular flexibility index (Phi) is 12.4. The van der Waals surface area contributed by atoms with Gasteiger partial charge in [-0.25, -0.2) is 8.78 Å². The highest BCUT2D eigenvalue weighted by Crippen LogP contribution is 2.44. The first-order valence-corrected chi connectivity index (χ1v) is 16.7. The zero-order chi connectivity index (χ0) is 41.6. The number of hydrogen-bond acceptors (Lipinski definition) is 12. The highest BCUT2D eigenvalue weighted by molar-refractivity contribution is 6.03. The summed E-state index contributed by atoms with van der Waals surface area (Å²) in [5, 5.41) is 50.7. The molecule has 3 aromatic carbocycles. The molecule has 0 atom stereocenters. The molecule has 0 spiro atoms. The standard InChI is InChI=1S/C38H33F2N3O14/c1-41-33(46)9-19-2-5-29(26(8-19)43(17-36(51)52)18-37(53)54)55-6-7-56-32-10-20(3-4-25(32)42(15-34(47)48)16-35(49)50)38-21-11-23(39)27(44)13-30(21)57-31-14-28(45)24(40)12-22(31)38/h2-5,8,10-14,44H,6-7,9,15-18H2,1H3,(H,41,46)(H,47,48)(H,49,50)(H,51,52)(H,53,54). The number of carboxylic acids is 4. The maximum Gasteiger partial charge on any atom is 0.323 e. The minimum atomic E-state index is -1.39. The normalized spacial score (nSPS) is 10.9. The lowest BCUT2D eigenvalue weighted by molar-refractivity contribution is -0.138. The van der Waals surface area contributed by atoms with Crippen molar-refractivity contribution in [1.29, 1.82) is 0 Å². The van der Waals surface area contributed by atoms with Crippen LogP contribution >= 0.6 is 0 Å². The number of fused-ring (bicyclic) bond motifs is 2. The number of nitrogens with zero attached hydrogens (tertiary/aromatic N) is 2. The number of aromatic hydroxyl groups is 1. The minimum Gasteiger partial charge on any atom is -0.505 e. The van der Waals surface area contributed by atoms with Crippen LogP contribution in [0.4, 0.5) is 20.2 Å². The molecule has 2 aliphatic rings. The summed E-state index contributed by atoms with van der Waals surface area (Å²) >= 11 is 0. The van der Waals surface area contributed by atoms with Crippen molar-refractivity contribution in [3.8, 4) is 39.7 Å². The van der Waals surface area contributed by atoms with Gasteiger partial charge in [-0.15, -0.1) is 0 Å². The van der Waals surface area contributed by atoms with Gasteiger partial charge in [0.25, 0.3) is 0 Å². The number of carboxylic acid groups (broad SMARTS) is 4. The fourth-order valence-corrected chi connectivity index (χ4v) is 5.98. The van der Waals surface area contributed by atoms with Crippen molar-refractivity contribution in [2.24, 2.45) is 0 Å². The number of phenols is 1. The van der Waals surface area contributed by atoms with Crippen molar-refractivity contribution >= 4 is 52.1 Å². The van der Waals surface area contributed by atoms with Crippen molar-refractivity contribution in [3.05, 3.63) is 88.1 Å². The topological polar surface area (TPSA) is 254 Å². The molecule has 19 heteroatoms. The van der Waals surface area contributed by atoms with Crippen LogP contribution in [0.2, 0.25) is 0 Å². The third-order valence-electron chi connectivity index (χ3n) is 8.34. The summed E-state index contributed by atoms with van der Waals surface area (Å²) < 4.78 is 47.1. The van der Waals surface area contributed by atoms with E-state index in [0.717, 1.165) is 34.1 Å². The molecule has 0 aromatic heterocycles. The number of phenolic OH excluding ortho intramolecular Hbond substituents is 1. The molecular weight excluding hydrogens is 760 g/mol. The monoisotopic (exact) mass is 793 g/mol. The molecular formula is C38H33F2N3O14. The number of ether oxygens (including phenoxy) is 2. The molecule has 6 N–H and O–H groups in total. The van der Waals surface area contributed by atoms with Crippen LogP contribution in [0.25, 0.3) is 33.4 Å². The van der Waals surface area contributed by atoms with Crippen LogP contribution in [0.15, 0.2) is 69.9 Å². The smallest absolute Gasteiger partial charge is 0.323 e. The Labute approximate surface area is 319 Å². The first-order chi connectivity index (χ1) is 27.0. The summed E-state index contributed by atoms with van der Waals surface area (Å²) in [4.78, 5) is 73.1. The van der Waals surface area contributed by atoms with Gasteiger partial charge in [0.15, 0.2) is 17.4 Å². The van der Waals surface area contributed by atoms with Gasteiger partial charge >= 0.3 is 23.9 Å². The summed E-state index contributed by atoms with van der Waals surface area (Å²) in [6.07, 6.45) is -0.123. The molecule has 1 amide bonds. The lowest BCUT2D eigenvalue weighted by Crippen LogP contribution is -2.35. The van der Waals surface area contributed by atoms with E-state index in [9.17, 15) is 63.1 Å². The second kappa shape index (κ2) is 17.4. The van der Waals surface area contributed by atoms with E-state index >= 15 is 0 Å². The van der Waals surface area contributed by atoms with Gasteiger partial charge in [0.05, 0.1) is 17.8 Å². The van der Waals surface area contributed by atoms with E-state index in [4.69, 9.17) is 13.9 Å². The van der Waals surface area contributed by atoms with Crippen LogP contribution in [0.5, 0.6) is 17.2 Å². The number of carbonyl (C=O) groups is 5. The lowest BCUT2D eigenvalue weighted by Gasteiger charge is -2.25. The van der Waals surface area contributed by atoms with E-state index in [1.54, 1.807) is 0 Å². The number of carbonyl (C=O) groups excluding carboxylic acids is 1. The van der Waals surface area contributed by atoms with Gasteiger partial charge in [-0.3, -0.25) is 28.8 Å². The number of likely N-dealkylation sites (N-methyl/N-ethyl adjacent to an activating group) is 1. The van der Waals surface area contributed by atoms with Crippen LogP contribution in [-0.2, 0) is 30.4 Å². The van der Waals surface area contributed by atoms with Gasteiger partial charge in [0.2, 0.25) is 11.3 Å². The Morgan fingerprint density at radius 1 is 0.719 bits per heavy atom. The Morgan fingerprint density at radius 2 is 1.32 bits per heavy atom. The van der Waals surface area contributed by atoms with Crippen LogP contribution < -0.4 is 30.0 Å². The van der Waals surface area contributed by atoms with Crippen molar-refractivity contribution < 1.29 is 72.2 Å². The number of nitrogens with one attached hydrogen (secondary N) is 1. The molecule has 5 rings (SSSR count). The van der Waals surface area contributed by atoms with Gasteiger partial charge in [-0.1, -0.05) is 12.1 Å². The summed E-state index contributed by atoms with van der Waals surface area (Å²) in [5.74, 6) is -9.15. The van der Waals surface area contributed by atoms with E-state index in [0.29, 0.717) is 5.56 Å². The average Bonchev–Trinajstić information content (AvgIpc) is 3.13. The molecule has 17 nitrogen and oxygen atoms in total. The number of amides is 1. The molecule has 1 aliphatic carbocycles. The second-order valence-electron chi connectivity index (χ2n) is 12.4. The summed E-state index contributed by atoms with van der Waals surface area (Å²) in [5.41, 5.74) is -0.460. The molecule has 0 saturated heterocycles. The molecule has 0 saturated carbocycles. The Balaban J connectivity index is 1.57.